The molecule has 0 aromatic heterocycles. The molecule has 4 nitrogen and oxygen atoms in total. The first kappa shape index (κ1) is 14.0. The van der Waals surface area contributed by atoms with Gasteiger partial charge in [0.25, 0.3) is 0 Å². The van der Waals surface area contributed by atoms with E-state index < -0.39 is 5.91 Å². The SMILES string of the molecule is CCC(C)NC(=O)C(=O)N1C(C)CCCC1C. The molecule has 4 heteroatoms. The second kappa shape index (κ2) is 6.03. The van der Waals surface area contributed by atoms with E-state index in [-0.39, 0.29) is 24.0 Å². The van der Waals surface area contributed by atoms with Crippen molar-refractivity contribution in [3.05, 3.63) is 0 Å². The van der Waals surface area contributed by atoms with Gasteiger partial charge in [0.15, 0.2) is 0 Å². The highest BCUT2D eigenvalue weighted by Gasteiger charge is 2.32. The summed E-state index contributed by atoms with van der Waals surface area (Å²) in [6.45, 7) is 7.93. The fourth-order valence-electron chi connectivity index (χ4n) is 2.33. The Labute approximate surface area is 104 Å². The molecule has 0 spiro atoms. The van der Waals surface area contributed by atoms with Crippen molar-refractivity contribution in [2.75, 3.05) is 0 Å². The molecule has 98 valence electrons. The van der Waals surface area contributed by atoms with Crippen molar-refractivity contribution in [3.8, 4) is 0 Å². The van der Waals surface area contributed by atoms with Gasteiger partial charge in [0.05, 0.1) is 0 Å². The molecular formula is C13H24N2O2. The van der Waals surface area contributed by atoms with E-state index in [4.69, 9.17) is 0 Å². The third-order valence-electron chi connectivity index (χ3n) is 3.61. The Balaban J connectivity index is 2.64. The van der Waals surface area contributed by atoms with Gasteiger partial charge in [-0.1, -0.05) is 6.92 Å². The third-order valence-corrected chi connectivity index (χ3v) is 3.61. The Hall–Kier alpha value is -1.06. The summed E-state index contributed by atoms with van der Waals surface area (Å²) < 4.78 is 0. The van der Waals surface area contributed by atoms with Crippen LogP contribution in [0.4, 0.5) is 0 Å². The average molecular weight is 240 g/mol. The molecule has 1 aliphatic heterocycles. The Morgan fingerprint density at radius 2 is 1.82 bits per heavy atom. The van der Waals surface area contributed by atoms with E-state index in [0.29, 0.717) is 0 Å². The van der Waals surface area contributed by atoms with E-state index in [1.807, 2.05) is 27.7 Å². The fraction of sp³-hybridized carbons (Fsp3) is 0.846. The molecule has 3 atom stereocenters. The van der Waals surface area contributed by atoms with Crippen LogP contribution in [0.1, 0.15) is 53.4 Å². The summed E-state index contributed by atoms with van der Waals surface area (Å²) in [6.07, 6.45) is 3.96. The molecule has 0 aromatic carbocycles. The van der Waals surface area contributed by atoms with Crippen LogP contribution >= 0.6 is 0 Å². The molecule has 0 aromatic rings. The molecule has 0 radical (unpaired) electrons. The van der Waals surface area contributed by atoms with E-state index >= 15 is 0 Å². The lowest BCUT2D eigenvalue weighted by molar-refractivity contribution is -0.150. The molecule has 17 heavy (non-hydrogen) atoms. The lowest BCUT2D eigenvalue weighted by Crippen LogP contribution is -2.53. The molecule has 0 aliphatic carbocycles. The smallest absolute Gasteiger partial charge is 0.312 e. The quantitative estimate of drug-likeness (QED) is 0.747. The van der Waals surface area contributed by atoms with Crippen molar-refractivity contribution < 1.29 is 9.59 Å². The topological polar surface area (TPSA) is 49.4 Å². The maximum atomic E-state index is 12.1. The first-order valence-electron chi connectivity index (χ1n) is 6.60. The van der Waals surface area contributed by atoms with Gasteiger partial charge < -0.3 is 10.2 Å². The number of amides is 2. The zero-order chi connectivity index (χ0) is 13.0. The van der Waals surface area contributed by atoms with Gasteiger partial charge in [-0.25, -0.2) is 0 Å². The second-order valence-corrected chi connectivity index (χ2v) is 5.12. The Bertz CT molecular complexity index is 281. The summed E-state index contributed by atoms with van der Waals surface area (Å²) in [5.74, 6) is -0.829. The summed E-state index contributed by atoms with van der Waals surface area (Å²) in [5, 5.41) is 2.74. The summed E-state index contributed by atoms with van der Waals surface area (Å²) in [4.78, 5) is 25.6. The number of piperidine rings is 1. The Morgan fingerprint density at radius 1 is 1.29 bits per heavy atom. The van der Waals surface area contributed by atoms with Crippen molar-refractivity contribution >= 4 is 11.8 Å². The number of hydrogen-bond donors (Lipinski definition) is 1. The van der Waals surface area contributed by atoms with Gasteiger partial charge in [-0.2, -0.15) is 0 Å². The number of carbonyl (C=O) groups excluding carboxylic acids is 2. The molecule has 0 saturated carbocycles. The molecule has 1 aliphatic rings. The summed E-state index contributed by atoms with van der Waals surface area (Å²) in [7, 11) is 0. The zero-order valence-corrected chi connectivity index (χ0v) is 11.3. The van der Waals surface area contributed by atoms with E-state index in [2.05, 4.69) is 5.32 Å². The minimum absolute atomic E-state index is 0.0573. The van der Waals surface area contributed by atoms with E-state index in [0.717, 1.165) is 25.7 Å². The predicted molar refractivity (Wildman–Crippen MR) is 67.5 cm³/mol. The molecule has 1 fully saturated rings. The van der Waals surface area contributed by atoms with Crippen LogP contribution in [-0.2, 0) is 9.59 Å². The second-order valence-electron chi connectivity index (χ2n) is 5.12. The van der Waals surface area contributed by atoms with Gasteiger partial charge in [-0.15, -0.1) is 0 Å². The van der Waals surface area contributed by atoms with Gasteiger partial charge in [0.1, 0.15) is 0 Å². The number of hydrogen-bond acceptors (Lipinski definition) is 2. The molecule has 1 saturated heterocycles. The van der Waals surface area contributed by atoms with Crippen LogP contribution < -0.4 is 5.32 Å². The molecule has 1 heterocycles. The maximum Gasteiger partial charge on any atom is 0.312 e. The lowest BCUT2D eigenvalue weighted by atomic mass is 9.97. The van der Waals surface area contributed by atoms with Crippen molar-refractivity contribution in [1.29, 1.82) is 0 Å². The number of nitrogens with zero attached hydrogens (tertiary/aromatic N) is 1. The summed E-state index contributed by atoms with van der Waals surface area (Å²) in [5.41, 5.74) is 0. The van der Waals surface area contributed by atoms with Crippen LogP contribution in [0.15, 0.2) is 0 Å². The minimum Gasteiger partial charge on any atom is -0.345 e. The molecule has 3 unspecified atom stereocenters. The van der Waals surface area contributed by atoms with Gasteiger partial charge in [-0.3, -0.25) is 9.59 Å². The molecule has 1 rings (SSSR count). The van der Waals surface area contributed by atoms with Gasteiger partial charge in [0.2, 0.25) is 0 Å². The molecule has 2 amide bonds. The number of likely N-dealkylation sites (tertiary alicyclic amines) is 1. The van der Waals surface area contributed by atoms with Crippen molar-refractivity contribution in [2.45, 2.75) is 71.5 Å². The number of carbonyl (C=O) groups is 2. The van der Waals surface area contributed by atoms with Crippen molar-refractivity contribution in [2.24, 2.45) is 0 Å². The summed E-state index contributed by atoms with van der Waals surface area (Å²) >= 11 is 0. The van der Waals surface area contributed by atoms with Gasteiger partial charge in [-0.05, 0) is 46.5 Å². The average Bonchev–Trinajstić information content (AvgIpc) is 2.28. The normalized spacial score (nSPS) is 26.5. The van der Waals surface area contributed by atoms with Gasteiger partial charge in [0, 0.05) is 18.1 Å². The van der Waals surface area contributed by atoms with Crippen LogP contribution in [0, 0.1) is 0 Å². The van der Waals surface area contributed by atoms with Gasteiger partial charge >= 0.3 is 11.8 Å². The van der Waals surface area contributed by atoms with Crippen molar-refractivity contribution in [3.63, 3.8) is 0 Å². The van der Waals surface area contributed by atoms with Crippen LogP contribution in [0.2, 0.25) is 0 Å². The Kier molecular flexibility index (Phi) is 4.97. The predicted octanol–water partition coefficient (Wildman–Crippen LogP) is 1.69. The van der Waals surface area contributed by atoms with Crippen molar-refractivity contribution in [1.82, 2.24) is 10.2 Å². The standard InChI is InChI=1S/C13H24N2O2/c1-5-9(2)14-12(16)13(17)15-10(3)7-6-8-11(15)4/h9-11H,5-8H2,1-4H3,(H,14,16). The fourth-order valence-corrected chi connectivity index (χ4v) is 2.33. The third kappa shape index (κ3) is 3.45. The highest BCUT2D eigenvalue weighted by atomic mass is 16.2. The van der Waals surface area contributed by atoms with E-state index in [9.17, 15) is 9.59 Å². The maximum absolute atomic E-state index is 12.1. The lowest BCUT2D eigenvalue weighted by Gasteiger charge is -2.38. The van der Waals surface area contributed by atoms with Crippen LogP contribution in [0.3, 0.4) is 0 Å². The Morgan fingerprint density at radius 3 is 2.29 bits per heavy atom. The molecule has 1 N–H and O–H groups in total. The highest BCUT2D eigenvalue weighted by molar-refractivity contribution is 6.35. The highest BCUT2D eigenvalue weighted by Crippen LogP contribution is 2.22. The van der Waals surface area contributed by atoms with Crippen LogP contribution in [0.25, 0.3) is 0 Å². The molecule has 0 bridgehead atoms. The first-order chi connectivity index (χ1) is 7.97. The van der Waals surface area contributed by atoms with E-state index in [1.54, 1.807) is 4.90 Å². The van der Waals surface area contributed by atoms with Crippen LogP contribution in [-0.4, -0.2) is 34.8 Å². The zero-order valence-electron chi connectivity index (χ0n) is 11.3. The monoisotopic (exact) mass is 240 g/mol. The number of nitrogens with one attached hydrogen (secondary N) is 1. The number of rotatable bonds is 2. The van der Waals surface area contributed by atoms with Crippen LogP contribution in [0.5, 0.6) is 0 Å². The largest absolute Gasteiger partial charge is 0.345 e. The molecular weight excluding hydrogens is 216 g/mol. The summed E-state index contributed by atoms with van der Waals surface area (Å²) in [6, 6.07) is 0.407. The van der Waals surface area contributed by atoms with E-state index in [1.165, 1.54) is 0 Å². The minimum atomic E-state index is -0.458. The first-order valence-corrected chi connectivity index (χ1v) is 6.60.